The molecule has 1 saturated heterocycles. The van der Waals surface area contributed by atoms with E-state index in [-0.39, 0.29) is 5.82 Å². The topological polar surface area (TPSA) is 29.3 Å². The molecule has 0 aromatic heterocycles. The summed E-state index contributed by atoms with van der Waals surface area (Å²) >= 11 is 3.23. The monoisotopic (exact) mass is 314 g/mol. The van der Waals surface area contributed by atoms with Crippen LogP contribution in [-0.2, 0) is 6.54 Å². The van der Waals surface area contributed by atoms with Crippen LogP contribution >= 0.6 is 15.9 Å². The predicted octanol–water partition coefficient (Wildman–Crippen LogP) is 3.00. The number of likely N-dealkylation sites (tertiary alicyclic amines) is 1. The van der Waals surface area contributed by atoms with E-state index in [9.17, 15) is 4.39 Å². The Hall–Kier alpha value is -0.450. The van der Waals surface area contributed by atoms with Gasteiger partial charge in [0.2, 0.25) is 0 Å². The van der Waals surface area contributed by atoms with E-state index in [1.165, 1.54) is 12.5 Å². The van der Waals surface area contributed by atoms with E-state index in [0.717, 1.165) is 31.7 Å². The lowest BCUT2D eigenvalue weighted by molar-refractivity contribution is 0.126. The Kier molecular flexibility index (Phi) is 4.76. The third-order valence-electron chi connectivity index (χ3n) is 3.89. The molecule has 0 bridgehead atoms. The molecule has 2 nitrogen and oxygen atoms in total. The molecular weight excluding hydrogens is 295 g/mol. The predicted molar refractivity (Wildman–Crippen MR) is 75.7 cm³/mol. The summed E-state index contributed by atoms with van der Waals surface area (Å²) in [6.07, 6.45) is 1.20. The molecule has 100 valence electrons. The van der Waals surface area contributed by atoms with Crippen molar-refractivity contribution >= 4 is 15.9 Å². The first-order valence-corrected chi connectivity index (χ1v) is 7.25. The highest BCUT2D eigenvalue weighted by molar-refractivity contribution is 9.10. The molecule has 1 aliphatic heterocycles. The first-order valence-electron chi connectivity index (χ1n) is 6.46. The van der Waals surface area contributed by atoms with Crippen LogP contribution in [0.2, 0.25) is 0 Å². The summed E-state index contributed by atoms with van der Waals surface area (Å²) < 4.78 is 13.7. The molecule has 0 spiro atoms. The van der Waals surface area contributed by atoms with Crippen LogP contribution in [0.5, 0.6) is 0 Å². The Bertz CT molecular complexity index is 411. The summed E-state index contributed by atoms with van der Waals surface area (Å²) in [7, 11) is 0. The van der Waals surface area contributed by atoms with Crippen LogP contribution in [0.15, 0.2) is 22.7 Å². The minimum atomic E-state index is -0.203. The highest BCUT2D eigenvalue weighted by atomic mass is 79.9. The molecule has 1 fully saturated rings. The Morgan fingerprint density at radius 3 is 2.94 bits per heavy atom. The van der Waals surface area contributed by atoms with Crippen molar-refractivity contribution in [3.63, 3.8) is 0 Å². The van der Waals surface area contributed by atoms with Gasteiger partial charge in [0.15, 0.2) is 0 Å². The molecule has 1 aliphatic rings. The molecule has 0 radical (unpaired) electrons. The van der Waals surface area contributed by atoms with Crippen LogP contribution in [0.25, 0.3) is 0 Å². The van der Waals surface area contributed by atoms with Gasteiger partial charge in [-0.25, -0.2) is 4.39 Å². The van der Waals surface area contributed by atoms with Gasteiger partial charge in [-0.1, -0.05) is 13.0 Å². The maximum absolute atomic E-state index is 13.2. The summed E-state index contributed by atoms with van der Waals surface area (Å²) in [5.74, 6) is 1.10. The van der Waals surface area contributed by atoms with Crippen molar-refractivity contribution in [2.24, 2.45) is 17.6 Å². The van der Waals surface area contributed by atoms with Gasteiger partial charge in [0.25, 0.3) is 0 Å². The summed E-state index contributed by atoms with van der Waals surface area (Å²) in [5.41, 5.74) is 6.96. The zero-order valence-corrected chi connectivity index (χ0v) is 12.3. The van der Waals surface area contributed by atoms with E-state index in [4.69, 9.17) is 5.73 Å². The lowest BCUT2D eigenvalue weighted by Crippen LogP contribution is -2.42. The van der Waals surface area contributed by atoms with E-state index in [1.54, 1.807) is 0 Å². The van der Waals surface area contributed by atoms with E-state index < -0.39 is 0 Å². The summed E-state index contributed by atoms with van der Waals surface area (Å²) in [5, 5.41) is 0. The molecule has 2 unspecified atom stereocenters. The van der Waals surface area contributed by atoms with Gasteiger partial charge in [-0.3, -0.25) is 4.90 Å². The molecule has 18 heavy (non-hydrogen) atoms. The van der Waals surface area contributed by atoms with Crippen LogP contribution in [0.1, 0.15) is 18.9 Å². The Balaban J connectivity index is 1.99. The Labute approximate surface area is 116 Å². The van der Waals surface area contributed by atoms with Gasteiger partial charge >= 0.3 is 0 Å². The number of piperidine rings is 1. The van der Waals surface area contributed by atoms with E-state index >= 15 is 0 Å². The molecular formula is C14H20BrFN2. The van der Waals surface area contributed by atoms with Gasteiger partial charge in [-0.2, -0.15) is 0 Å². The van der Waals surface area contributed by atoms with E-state index in [1.807, 2.05) is 12.1 Å². The molecule has 0 saturated carbocycles. The zero-order valence-electron chi connectivity index (χ0n) is 10.7. The fourth-order valence-corrected chi connectivity index (χ4v) is 3.00. The third-order valence-corrected chi connectivity index (χ3v) is 4.50. The van der Waals surface area contributed by atoms with Gasteiger partial charge in [0.1, 0.15) is 5.82 Å². The van der Waals surface area contributed by atoms with Crippen LogP contribution < -0.4 is 5.73 Å². The standard InChI is InChI=1S/C14H20BrFN2/c1-10-4-5-18(9-12(10)7-17)8-11-2-3-14(16)13(15)6-11/h2-3,6,10,12H,4-5,7-9,17H2,1H3. The molecule has 1 heterocycles. The number of nitrogens with two attached hydrogens (primary N) is 1. The number of benzene rings is 1. The molecule has 4 heteroatoms. The lowest BCUT2D eigenvalue weighted by Gasteiger charge is -2.36. The number of halogens is 2. The van der Waals surface area contributed by atoms with Crippen molar-refractivity contribution in [3.05, 3.63) is 34.1 Å². The molecule has 1 aromatic carbocycles. The van der Waals surface area contributed by atoms with Crippen LogP contribution in [0.4, 0.5) is 4.39 Å². The molecule has 2 N–H and O–H groups in total. The second-order valence-electron chi connectivity index (χ2n) is 5.25. The highest BCUT2D eigenvalue weighted by Crippen LogP contribution is 2.24. The van der Waals surface area contributed by atoms with E-state index in [0.29, 0.717) is 16.3 Å². The number of nitrogens with zero attached hydrogens (tertiary/aromatic N) is 1. The van der Waals surface area contributed by atoms with Crippen molar-refractivity contribution in [2.45, 2.75) is 19.9 Å². The second kappa shape index (κ2) is 6.13. The van der Waals surface area contributed by atoms with Crippen molar-refractivity contribution in [2.75, 3.05) is 19.6 Å². The molecule has 0 aliphatic carbocycles. The Morgan fingerprint density at radius 2 is 2.28 bits per heavy atom. The fraction of sp³-hybridized carbons (Fsp3) is 0.571. The van der Waals surface area contributed by atoms with Crippen LogP contribution in [0, 0.1) is 17.7 Å². The first-order chi connectivity index (χ1) is 8.60. The molecule has 0 amide bonds. The maximum Gasteiger partial charge on any atom is 0.137 e. The average molecular weight is 315 g/mol. The van der Waals surface area contributed by atoms with Gasteiger partial charge in [-0.05, 0) is 65.0 Å². The van der Waals surface area contributed by atoms with Gasteiger partial charge < -0.3 is 5.73 Å². The fourth-order valence-electron chi connectivity index (χ4n) is 2.57. The van der Waals surface area contributed by atoms with Crippen LogP contribution in [0.3, 0.4) is 0 Å². The Morgan fingerprint density at radius 1 is 1.50 bits per heavy atom. The molecule has 2 atom stereocenters. The van der Waals surface area contributed by atoms with Crippen molar-refractivity contribution in [1.29, 1.82) is 0 Å². The smallest absolute Gasteiger partial charge is 0.137 e. The van der Waals surface area contributed by atoms with Crippen LogP contribution in [-0.4, -0.2) is 24.5 Å². The first kappa shape index (κ1) is 14.0. The van der Waals surface area contributed by atoms with Crippen molar-refractivity contribution in [1.82, 2.24) is 4.90 Å². The minimum absolute atomic E-state index is 0.203. The molecule has 2 rings (SSSR count). The highest BCUT2D eigenvalue weighted by Gasteiger charge is 2.24. The van der Waals surface area contributed by atoms with Gasteiger partial charge in [0, 0.05) is 13.1 Å². The maximum atomic E-state index is 13.2. The second-order valence-corrected chi connectivity index (χ2v) is 6.10. The lowest BCUT2D eigenvalue weighted by atomic mass is 9.87. The summed E-state index contributed by atoms with van der Waals surface area (Å²) in [6.45, 7) is 6.07. The zero-order chi connectivity index (χ0) is 13.1. The van der Waals surface area contributed by atoms with Gasteiger partial charge in [-0.15, -0.1) is 0 Å². The summed E-state index contributed by atoms with van der Waals surface area (Å²) in [4.78, 5) is 2.41. The number of hydrogen-bond acceptors (Lipinski definition) is 2. The SMILES string of the molecule is CC1CCN(Cc2ccc(F)c(Br)c2)CC1CN. The van der Waals surface area contributed by atoms with E-state index in [2.05, 4.69) is 27.8 Å². The normalized spacial score (nSPS) is 25.3. The van der Waals surface area contributed by atoms with Crippen molar-refractivity contribution < 1.29 is 4.39 Å². The van der Waals surface area contributed by atoms with Gasteiger partial charge in [0.05, 0.1) is 4.47 Å². The third kappa shape index (κ3) is 3.31. The van der Waals surface area contributed by atoms with Crippen molar-refractivity contribution in [3.8, 4) is 0 Å². The number of hydrogen-bond donors (Lipinski definition) is 1. The average Bonchev–Trinajstić information content (AvgIpc) is 2.36. The number of rotatable bonds is 3. The minimum Gasteiger partial charge on any atom is -0.330 e. The quantitative estimate of drug-likeness (QED) is 0.929. The molecule has 1 aromatic rings. The summed E-state index contributed by atoms with van der Waals surface area (Å²) in [6, 6.07) is 5.24. The largest absolute Gasteiger partial charge is 0.330 e.